The molecule has 0 fully saturated rings. The smallest absolute Gasteiger partial charge is 0.223 e. The number of rotatable bonds is 5. The van der Waals surface area contributed by atoms with Gasteiger partial charge in [0, 0.05) is 17.5 Å². The molecule has 0 saturated heterocycles. The molecule has 0 radical (unpaired) electrons. The average molecular weight is 292 g/mol. The Morgan fingerprint density at radius 1 is 1.00 bits per heavy atom. The van der Waals surface area contributed by atoms with Gasteiger partial charge in [0.15, 0.2) is 0 Å². The van der Waals surface area contributed by atoms with E-state index in [0.29, 0.717) is 18.4 Å². The number of aromatic nitrogens is 2. The third-order valence-corrected chi connectivity index (χ3v) is 3.66. The summed E-state index contributed by atoms with van der Waals surface area (Å²) < 4.78 is 0. The molecule has 1 heterocycles. The first kappa shape index (κ1) is 14.5. The van der Waals surface area contributed by atoms with Gasteiger partial charge in [-0.05, 0) is 18.5 Å². The number of para-hydroxylation sites is 1. The van der Waals surface area contributed by atoms with E-state index in [2.05, 4.69) is 35.4 Å². The molecule has 0 aliphatic carbocycles. The Balaban J connectivity index is 2.05. The maximum Gasteiger partial charge on any atom is 0.223 e. The summed E-state index contributed by atoms with van der Waals surface area (Å²) in [6.45, 7) is 3.52. The molecule has 3 N–H and O–H groups in total. The number of benzene rings is 2. The van der Waals surface area contributed by atoms with Crippen LogP contribution < -0.4 is 11.1 Å². The third kappa shape index (κ3) is 3.07. The lowest BCUT2D eigenvalue weighted by atomic mass is 10.1. The molecule has 0 spiro atoms. The van der Waals surface area contributed by atoms with Crippen LogP contribution in [0.1, 0.15) is 6.92 Å². The zero-order valence-electron chi connectivity index (χ0n) is 12.7. The maximum absolute atomic E-state index is 5.67. The van der Waals surface area contributed by atoms with Crippen molar-refractivity contribution in [1.29, 1.82) is 0 Å². The van der Waals surface area contributed by atoms with Crippen LogP contribution in [-0.2, 0) is 0 Å². The molecule has 2 aromatic carbocycles. The third-order valence-electron chi connectivity index (χ3n) is 3.66. The highest BCUT2D eigenvalue weighted by Crippen LogP contribution is 2.26. The number of anilines is 1. The highest BCUT2D eigenvalue weighted by atomic mass is 15.1. The van der Waals surface area contributed by atoms with Crippen LogP contribution in [0.2, 0.25) is 0 Å². The van der Waals surface area contributed by atoms with Crippen LogP contribution in [0.25, 0.3) is 22.2 Å². The van der Waals surface area contributed by atoms with Gasteiger partial charge >= 0.3 is 0 Å². The van der Waals surface area contributed by atoms with Crippen molar-refractivity contribution in [2.24, 2.45) is 11.7 Å². The summed E-state index contributed by atoms with van der Waals surface area (Å²) in [5.41, 5.74) is 8.66. The minimum Gasteiger partial charge on any atom is -0.354 e. The summed E-state index contributed by atoms with van der Waals surface area (Å²) in [6, 6.07) is 18.3. The molecule has 0 unspecified atom stereocenters. The van der Waals surface area contributed by atoms with Crippen LogP contribution in [0.4, 0.5) is 5.95 Å². The van der Waals surface area contributed by atoms with Crippen LogP contribution in [0.3, 0.4) is 0 Å². The van der Waals surface area contributed by atoms with E-state index >= 15 is 0 Å². The monoisotopic (exact) mass is 292 g/mol. The zero-order valence-corrected chi connectivity index (χ0v) is 12.7. The Morgan fingerprint density at radius 2 is 1.73 bits per heavy atom. The molecule has 0 bridgehead atoms. The van der Waals surface area contributed by atoms with E-state index in [4.69, 9.17) is 10.7 Å². The lowest BCUT2D eigenvalue weighted by Crippen LogP contribution is -2.20. The summed E-state index contributed by atoms with van der Waals surface area (Å²) in [5.74, 6) is 1.04. The molecule has 1 aromatic heterocycles. The largest absolute Gasteiger partial charge is 0.354 e. The summed E-state index contributed by atoms with van der Waals surface area (Å²) in [5, 5.41) is 4.36. The van der Waals surface area contributed by atoms with Crippen LogP contribution >= 0.6 is 0 Å². The maximum atomic E-state index is 5.67. The van der Waals surface area contributed by atoms with E-state index < -0.39 is 0 Å². The van der Waals surface area contributed by atoms with E-state index in [1.807, 2.05) is 36.4 Å². The van der Waals surface area contributed by atoms with E-state index in [1.165, 1.54) is 0 Å². The van der Waals surface area contributed by atoms with Gasteiger partial charge in [0.05, 0.1) is 11.2 Å². The van der Waals surface area contributed by atoms with Crippen molar-refractivity contribution in [1.82, 2.24) is 9.97 Å². The van der Waals surface area contributed by atoms with E-state index in [-0.39, 0.29) is 0 Å². The second kappa shape index (κ2) is 6.54. The predicted molar refractivity (Wildman–Crippen MR) is 91.7 cm³/mol. The Labute approximate surface area is 130 Å². The van der Waals surface area contributed by atoms with Crippen molar-refractivity contribution in [3.8, 4) is 11.3 Å². The first-order chi connectivity index (χ1) is 10.8. The first-order valence-corrected chi connectivity index (χ1v) is 7.54. The molecule has 0 aliphatic rings. The molecule has 3 aromatic rings. The number of hydrogen-bond donors (Lipinski definition) is 2. The highest BCUT2D eigenvalue weighted by Gasteiger charge is 2.09. The van der Waals surface area contributed by atoms with Gasteiger partial charge in [0.1, 0.15) is 0 Å². The fraction of sp³-hybridized carbons (Fsp3) is 0.222. The minimum atomic E-state index is 0.384. The summed E-state index contributed by atoms with van der Waals surface area (Å²) in [6.07, 6.45) is 0. The van der Waals surface area contributed by atoms with E-state index in [0.717, 1.165) is 28.7 Å². The molecular formula is C18H20N4. The first-order valence-electron chi connectivity index (χ1n) is 7.54. The van der Waals surface area contributed by atoms with Gasteiger partial charge in [0.2, 0.25) is 5.95 Å². The minimum absolute atomic E-state index is 0.384. The Bertz CT molecular complexity index is 755. The van der Waals surface area contributed by atoms with Crippen molar-refractivity contribution in [2.75, 3.05) is 18.4 Å². The zero-order chi connectivity index (χ0) is 15.4. The number of nitrogens with zero attached hydrogens (tertiary/aromatic N) is 2. The molecule has 4 heteroatoms. The van der Waals surface area contributed by atoms with Gasteiger partial charge in [0.25, 0.3) is 0 Å². The highest BCUT2D eigenvalue weighted by molar-refractivity contribution is 5.93. The van der Waals surface area contributed by atoms with Gasteiger partial charge in [-0.15, -0.1) is 0 Å². The van der Waals surface area contributed by atoms with Gasteiger partial charge < -0.3 is 11.1 Å². The second-order valence-corrected chi connectivity index (χ2v) is 5.50. The number of hydrogen-bond acceptors (Lipinski definition) is 4. The SMILES string of the molecule is C[C@@H](CN)CNc1nc(-c2ccccc2)c2ccccc2n1. The van der Waals surface area contributed by atoms with Crippen LogP contribution in [0.15, 0.2) is 54.6 Å². The molecule has 0 saturated carbocycles. The lowest BCUT2D eigenvalue weighted by molar-refractivity contribution is 0.625. The number of nitrogens with one attached hydrogen (secondary N) is 1. The van der Waals surface area contributed by atoms with Gasteiger partial charge in [-0.25, -0.2) is 9.97 Å². The summed E-state index contributed by atoms with van der Waals surface area (Å²) >= 11 is 0. The lowest BCUT2D eigenvalue weighted by Gasteiger charge is -2.12. The summed E-state index contributed by atoms with van der Waals surface area (Å²) in [4.78, 5) is 9.32. The Hall–Kier alpha value is -2.46. The predicted octanol–water partition coefficient (Wildman–Crippen LogP) is 3.30. The molecule has 3 rings (SSSR count). The van der Waals surface area contributed by atoms with Crippen LogP contribution in [-0.4, -0.2) is 23.1 Å². The molecule has 0 aliphatic heterocycles. The van der Waals surface area contributed by atoms with Crippen molar-refractivity contribution in [2.45, 2.75) is 6.92 Å². The second-order valence-electron chi connectivity index (χ2n) is 5.50. The number of nitrogens with two attached hydrogens (primary N) is 1. The van der Waals surface area contributed by atoms with E-state index in [9.17, 15) is 0 Å². The molecule has 4 nitrogen and oxygen atoms in total. The van der Waals surface area contributed by atoms with Crippen molar-refractivity contribution in [3.05, 3.63) is 54.6 Å². The molecule has 112 valence electrons. The average Bonchev–Trinajstić information content (AvgIpc) is 2.59. The molecular weight excluding hydrogens is 272 g/mol. The normalized spacial score (nSPS) is 12.3. The molecule has 0 amide bonds. The van der Waals surface area contributed by atoms with Crippen molar-refractivity contribution in [3.63, 3.8) is 0 Å². The van der Waals surface area contributed by atoms with Crippen LogP contribution in [0, 0.1) is 5.92 Å². The fourth-order valence-corrected chi connectivity index (χ4v) is 2.32. The van der Waals surface area contributed by atoms with Gasteiger partial charge in [-0.3, -0.25) is 0 Å². The van der Waals surface area contributed by atoms with Crippen LogP contribution in [0.5, 0.6) is 0 Å². The Morgan fingerprint density at radius 3 is 2.50 bits per heavy atom. The molecule has 22 heavy (non-hydrogen) atoms. The fourth-order valence-electron chi connectivity index (χ4n) is 2.32. The van der Waals surface area contributed by atoms with E-state index in [1.54, 1.807) is 0 Å². The van der Waals surface area contributed by atoms with Gasteiger partial charge in [-0.2, -0.15) is 0 Å². The van der Waals surface area contributed by atoms with Gasteiger partial charge in [-0.1, -0.05) is 55.5 Å². The summed E-state index contributed by atoms with van der Waals surface area (Å²) in [7, 11) is 0. The van der Waals surface area contributed by atoms with Crippen molar-refractivity contribution < 1.29 is 0 Å². The number of fused-ring (bicyclic) bond motifs is 1. The quantitative estimate of drug-likeness (QED) is 0.757. The standard InChI is InChI=1S/C18H20N4/c1-13(11-19)12-20-18-21-16-10-6-5-9-15(16)17(22-18)14-7-3-2-4-8-14/h2-10,13H,11-12,19H2,1H3,(H,20,21,22)/t13-/m0/s1. The molecule has 1 atom stereocenters. The van der Waals surface area contributed by atoms with Crippen molar-refractivity contribution >= 4 is 16.9 Å². The topological polar surface area (TPSA) is 63.8 Å². The Kier molecular flexibility index (Phi) is 4.30.